The van der Waals surface area contributed by atoms with Crippen molar-refractivity contribution in [3.63, 3.8) is 0 Å². The van der Waals surface area contributed by atoms with E-state index >= 15 is 0 Å². The van der Waals surface area contributed by atoms with Gasteiger partial charge in [-0.15, -0.1) is 11.8 Å². The van der Waals surface area contributed by atoms with E-state index in [1.165, 1.54) is 0 Å². The summed E-state index contributed by atoms with van der Waals surface area (Å²) in [5.41, 5.74) is 2.85. The number of halogens is 1. The number of benzene rings is 1. The highest BCUT2D eigenvalue weighted by molar-refractivity contribution is 7.98. The number of hydrogen-bond acceptors (Lipinski definition) is 5. The molecule has 3 heterocycles. The Morgan fingerprint density at radius 2 is 2.12 bits per heavy atom. The van der Waals surface area contributed by atoms with Crippen molar-refractivity contribution in [1.29, 1.82) is 0 Å². The summed E-state index contributed by atoms with van der Waals surface area (Å²) >= 11 is 7.74. The van der Waals surface area contributed by atoms with E-state index in [0.717, 1.165) is 32.8 Å². The van der Waals surface area contributed by atoms with Gasteiger partial charge < -0.3 is 9.67 Å². The average molecular weight is 388 g/mol. The van der Waals surface area contributed by atoms with Crippen LogP contribution in [0, 0.1) is 0 Å². The predicted molar refractivity (Wildman–Crippen MR) is 105 cm³/mol. The smallest absolute Gasteiger partial charge is 0.131 e. The summed E-state index contributed by atoms with van der Waals surface area (Å²) in [7, 11) is 0. The van der Waals surface area contributed by atoms with E-state index in [1.54, 1.807) is 18.0 Å². The molecule has 0 aliphatic heterocycles. The van der Waals surface area contributed by atoms with Gasteiger partial charge in [-0.25, -0.2) is 4.98 Å². The Bertz CT molecular complexity index is 1070. The molecule has 8 heteroatoms. The number of aromatic nitrogens is 5. The van der Waals surface area contributed by atoms with Crippen LogP contribution in [-0.2, 0) is 13.1 Å². The van der Waals surface area contributed by atoms with E-state index in [9.17, 15) is 5.11 Å². The maximum Gasteiger partial charge on any atom is 0.131 e. The van der Waals surface area contributed by atoms with E-state index in [2.05, 4.69) is 9.55 Å². The highest BCUT2D eigenvalue weighted by Gasteiger charge is 2.15. The van der Waals surface area contributed by atoms with Crippen molar-refractivity contribution < 1.29 is 5.11 Å². The van der Waals surface area contributed by atoms with Crippen LogP contribution in [0.25, 0.3) is 21.9 Å². The molecule has 4 aromatic rings. The Hall–Kier alpha value is -2.09. The molecule has 0 aliphatic carbocycles. The molecular weight excluding hydrogens is 370 g/mol. The lowest BCUT2D eigenvalue weighted by Crippen LogP contribution is -2.11. The second kappa shape index (κ2) is 7.26. The molecule has 1 aromatic carbocycles. The first-order valence-electron chi connectivity index (χ1n) is 8.31. The molecular formula is C18H18ClN5OS. The number of aliphatic hydroxyl groups excluding tert-OH is 1. The molecule has 0 fully saturated rings. The van der Waals surface area contributed by atoms with Gasteiger partial charge in [0, 0.05) is 29.8 Å². The topological polar surface area (TPSA) is 68.8 Å². The second-order valence-electron chi connectivity index (χ2n) is 5.95. The maximum absolute atomic E-state index is 9.26. The van der Waals surface area contributed by atoms with Gasteiger partial charge in [-0.2, -0.15) is 5.10 Å². The molecule has 134 valence electrons. The molecule has 0 amide bonds. The fraction of sp³-hybridized carbons (Fsp3) is 0.278. The molecule has 0 saturated carbocycles. The average Bonchev–Trinajstić information content (AvgIpc) is 3.18. The quantitative estimate of drug-likeness (QED) is 0.512. The Morgan fingerprint density at radius 1 is 1.23 bits per heavy atom. The standard InChI is InChI=1S/C18H18ClN5OS/c1-26-18-13-5-6-20-10-16(13)24(22-18)11-17-21-14-9-12(19)3-4-15(14)23(17)7-2-8-25/h3-6,9-10,25H,2,7-8,11H2,1H3. The molecule has 0 saturated heterocycles. The van der Waals surface area contributed by atoms with E-state index in [4.69, 9.17) is 21.7 Å². The Labute approximate surface area is 159 Å². The van der Waals surface area contributed by atoms with Crippen LogP contribution in [0.3, 0.4) is 0 Å². The van der Waals surface area contributed by atoms with Crippen molar-refractivity contribution in [2.45, 2.75) is 24.5 Å². The lowest BCUT2D eigenvalue weighted by Gasteiger charge is -2.09. The summed E-state index contributed by atoms with van der Waals surface area (Å²) in [6.07, 6.45) is 6.30. The van der Waals surface area contributed by atoms with Crippen LogP contribution in [0.5, 0.6) is 0 Å². The van der Waals surface area contributed by atoms with Gasteiger partial charge in [-0.1, -0.05) is 11.6 Å². The van der Waals surface area contributed by atoms with Crippen LogP contribution < -0.4 is 0 Å². The fourth-order valence-electron chi connectivity index (χ4n) is 3.15. The minimum atomic E-state index is 0.137. The monoisotopic (exact) mass is 387 g/mol. The first kappa shape index (κ1) is 17.3. The largest absolute Gasteiger partial charge is 0.396 e. The number of aryl methyl sites for hydroxylation is 1. The third kappa shape index (κ3) is 3.06. The summed E-state index contributed by atoms with van der Waals surface area (Å²) < 4.78 is 4.07. The first-order chi connectivity index (χ1) is 12.7. The van der Waals surface area contributed by atoms with Gasteiger partial charge in [0.2, 0.25) is 0 Å². The summed E-state index contributed by atoms with van der Waals surface area (Å²) in [6.45, 7) is 1.36. The molecule has 0 atom stereocenters. The zero-order chi connectivity index (χ0) is 18.1. The van der Waals surface area contributed by atoms with Crippen LogP contribution in [-0.4, -0.2) is 42.3 Å². The van der Waals surface area contributed by atoms with E-state index in [-0.39, 0.29) is 6.61 Å². The predicted octanol–water partition coefficient (Wildman–Crippen LogP) is 3.59. The number of thioether (sulfide) groups is 1. The molecule has 4 rings (SSSR count). The van der Waals surface area contributed by atoms with Gasteiger partial charge >= 0.3 is 0 Å². The van der Waals surface area contributed by atoms with Crippen LogP contribution in [0.15, 0.2) is 41.7 Å². The molecule has 0 aliphatic rings. The zero-order valence-electron chi connectivity index (χ0n) is 14.3. The Morgan fingerprint density at radius 3 is 2.92 bits per heavy atom. The van der Waals surface area contributed by atoms with E-state index < -0.39 is 0 Å². The summed E-state index contributed by atoms with van der Waals surface area (Å²) in [5.74, 6) is 0.886. The van der Waals surface area contributed by atoms with Gasteiger partial charge in [0.25, 0.3) is 0 Å². The van der Waals surface area contributed by atoms with Gasteiger partial charge in [-0.3, -0.25) is 9.67 Å². The highest BCUT2D eigenvalue weighted by atomic mass is 35.5. The number of fused-ring (bicyclic) bond motifs is 2. The van der Waals surface area contributed by atoms with Crippen molar-refractivity contribution >= 4 is 45.3 Å². The second-order valence-corrected chi connectivity index (χ2v) is 7.18. The molecule has 1 N–H and O–H groups in total. The molecule has 0 bridgehead atoms. The molecule has 0 spiro atoms. The fourth-order valence-corrected chi connectivity index (χ4v) is 3.89. The third-order valence-electron chi connectivity index (χ3n) is 4.33. The minimum absolute atomic E-state index is 0.137. The number of rotatable bonds is 6. The SMILES string of the molecule is CSc1nn(Cc2nc3cc(Cl)ccc3n2CCCO)c2cnccc12. The summed E-state index contributed by atoms with van der Waals surface area (Å²) in [4.78, 5) is 9.01. The summed E-state index contributed by atoms with van der Waals surface area (Å²) in [5, 5.41) is 16.7. The van der Waals surface area contributed by atoms with Gasteiger partial charge in [0.1, 0.15) is 10.9 Å². The lowest BCUT2D eigenvalue weighted by atomic mass is 10.3. The minimum Gasteiger partial charge on any atom is -0.396 e. The Balaban J connectivity index is 1.82. The van der Waals surface area contributed by atoms with Crippen molar-refractivity contribution in [3.05, 3.63) is 47.5 Å². The maximum atomic E-state index is 9.26. The van der Waals surface area contributed by atoms with Crippen LogP contribution in [0.1, 0.15) is 12.2 Å². The molecule has 6 nitrogen and oxygen atoms in total. The van der Waals surface area contributed by atoms with Gasteiger partial charge in [0.15, 0.2) is 0 Å². The normalized spacial score (nSPS) is 11.7. The van der Waals surface area contributed by atoms with Crippen LogP contribution in [0.4, 0.5) is 0 Å². The lowest BCUT2D eigenvalue weighted by molar-refractivity contribution is 0.279. The van der Waals surface area contributed by atoms with Crippen molar-refractivity contribution in [3.8, 4) is 0 Å². The van der Waals surface area contributed by atoms with E-state index in [1.807, 2.05) is 41.4 Å². The van der Waals surface area contributed by atoms with E-state index in [0.29, 0.717) is 24.5 Å². The number of aliphatic hydroxyl groups is 1. The number of nitrogens with zero attached hydrogens (tertiary/aromatic N) is 5. The molecule has 0 radical (unpaired) electrons. The van der Waals surface area contributed by atoms with Crippen molar-refractivity contribution in [2.24, 2.45) is 0 Å². The molecule has 0 unspecified atom stereocenters. The first-order valence-corrected chi connectivity index (χ1v) is 9.91. The Kier molecular flexibility index (Phi) is 4.84. The van der Waals surface area contributed by atoms with Gasteiger partial charge in [-0.05, 0) is 36.9 Å². The molecule has 26 heavy (non-hydrogen) atoms. The van der Waals surface area contributed by atoms with Crippen molar-refractivity contribution in [1.82, 2.24) is 24.3 Å². The number of pyridine rings is 1. The zero-order valence-corrected chi connectivity index (χ0v) is 15.8. The molecule has 3 aromatic heterocycles. The third-order valence-corrected chi connectivity index (χ3v) is 5.26. The van der Waals surface area contributed by atoms with Crippen molar-refractivity contribution in [2.75, 3.05) is 12.9 Å². The number of imidazole rings is 1. The highest BCUT2D eigenvalue weighted by Crippen LogP contribution is 2.26. The summed E-state index contributed by atoms with van der Waals surface area (Å²) in [6, 6.07) is 7.69. The van der Waals surface area contributed by atoms with Gasteiger partial charge in [0.05, 0.1) is 29.3 Å². The number of hydrogen-bond donors (Lipinski definition) is 1. The van der Waals surface area contributed by atoms with Crippen LogP contribution >= 0.6 is 23.4 Å². The van der Waals surface area contributed by atoms with Crippen LogP contribution in [0.2, 0.25) is 5.02 Å².